The average molecular weight is 423 g/mol. The van der Waals surface area contributed by atoms with Gasteiger partial charge in [-0.1, -0.05) is 5.16 Å². The molecule has 0 radical (unpaired) electrons. The zero-order valence-corrected chi connectivity index (χ0v) is 18.0. The lowest BCUT2D eigenvalue weighted by Gasteiger charge is -2.16. The van der Waals surface area contributed by atoms with Crippen LogP contribution in [0.4, 0.5) is 0 Å². The van der Waals surface area contributed by atoms with E-state index in [-0.39, 0.29) is 23.3 Å². The van der Waals surface area contributed by atoms with Gasteiger partial charge in [0.2, 0.25) is 0 Å². The molecule has 1 fully saturated rings. The molecule has 0 aromatic carbocycles. The Kier molecular flexibility index (Phi) is 5.44. The average Bonchev–Trinajstić information content (AvgIpc) is 3.31. The Morgan fingerprint density at radius 3 is 2.86 bits per heavy atom. The van der Waals surface area contributed by atoms with Gasteiger partial charge >= 0.3 is 0 Å². The van der Waals surface area contributed by atoms with Crippen LogP contribution in [0.1, 0.15) is 64.1 Å². The normalized spacial score (nSPS) is 21.0. The van der Waals surface area contributed by atoms with Crippen LogP contribution in [0.15, 0.2) is 10.6 Å². The monoisotopic (exact) mass is 422 g/mol. The molecular formula is C20H26N2O4S2. The number of Topliss-reactive ketones (excluding diaryl/α,β-unsaturated/α-hetero) is 1. The summed E-state index contributed by atoms with van der Waals surface area (Å²) in [5, 5.41) is 4.20. The van der Waals surface area contributed by atoms with Gasteiger partial charge in [-0.3, -0.25) is 4.79 Å². The van der Waals surface area contributed by atoms with Gasteiger partial charge in [0.05, 0.1) is 23.0 Å². The quantitative estimate of drug-likeness (QED) is 0.663. The molecule has 2 aromatic heterocycles. The van der Waals surface area contributed by atoms with Crippen molar-refractivity contribution in [1.82, 2.24) is 9.72 Å². The van der Waals surface area contributed by atoms with Gasteiger partial charge in [0, 0.05) is 40.7 Å². The van der Waals surface area contributed by atoms with Crippen LogP contribution in [0, 0.1) is 13.8 Å². The molecule has 0 N–H and O–H groups in total. The molecule has 0 amide bonds. The van der Waals surface area contributed by atoms with Crippen molar-refractivity contribution in [3.63, 3.8) is 0 Å². The minimum absolute atomic E-state index is 0.0548. The molecule has 4 rings (SSSR count). The van der Waals surface area contributed by atoms with Gasteiger partial charge in [-0.15, -0.1) is 11.8 Å². The molecule has 1 saturated heterocycles. The third-order valence-electron chi connectivity index (χ3n) is 5.86. The van der Waals surface area contributed by atoms with Crippen LogP contribution < -0.4 is 0 Å². The standard InChI is InChI=1S/C20H26N2O4S2/c1-13-9-17(14(2)22(13)15-7-8-28(24,25)12-15)19(23)11-27-10-18-16-5-3-4-6-20(16)26-21-18/h9,15H,3-8,10-12H2,1-2H3. The van der Waals surface area contributed by atoms with Crippen molar-refractivity contribution >= 4 is 27.4 Å². The van der Waals surface area contributed by atoms with E-state index in [1.165, 1.54) is 12.0 Å². The van der Waals surface area contributed by atoms with Crippen LogP contribution in [-0.2, 0) is 28.4 Å². The molecule has 2 aromatic rings. The van der Waals surface area contributed by atoms with Crippen molar-refractivity contribution in [2.45, 2.75) is 57.7 Å². The van der Waals surface area contributed by atoms with E-state index in [1.807, 2.05) is 24.5 Å². The van der Waals surface area contributed by atoms with Crippen LogP contribution in [0.2, 0.25) is 0 Å². The van der Waals surface area contributed by atoms with Crippen molar-refractivity contribution in [2.24, 2.45) is 0 Å². The van der Waals surface area contributed by atoms with Crippen molar-refractivity contribution in [1.29, 1.82) is 0 Å². The fourth-order valence-corrected chi connectivity index (χ4v) is 7.04. The summed E-state index contributed by atoms with van der Waals surface area (Å²) in [5.41, 5.74) is 4.76. The van der Waals surface area contributed by atoms with Gasteiger partial charge < -0.3 is 9.09 Å². The van der Waals surface area contributed by atoms with E-state index in [2.05, 4.69) is 5.16 Å². The van der Waals surface area contributed by atoms with Crippen molar-refractivity contribution in [3.8, 4) is 0 Å². The number of nitrogens with zero attached hydrogens (tertiary/aromatic N) is 2. The predicted molar refractivity (Wildman–Crippen MR) is 110 cm³/mol. The van der Waals surface area contributed by atoms with Gasteiger partial charge in [0.15, 0.2) is 15.6 Å². The number of rotatable bonds is 6. The van der Waals surface area contributed by atoms with E-state index in [4.69, 9.17) is 4.52 Å². The molecule has 1 aliphatic heterocycles. The SMILES string of the molecule is Cc1cc(C(=O)CSCc2noc3c2CCCC3)c(C)n1C1CCS(=O)(=O)C1. The minimum atomic E-state index is -2.96. The summed E-state index contributed by atoms with van der Waals surface area (Å²) in [6.45, 7) is 3.87. The smallest absolute Gasteiger partial charge is 0.174 e. The molecular weight excluding hydrogens is 396 g/mol. The molecule has 1 unspecified atom stereocenters. The van der Waals surface area contributed by atoms with Crippen LogP contribution in [0.3, 0.4) is 0 Å². The molecule has 6 nitrogen and oxygen atoms in total. The summed E-state index contributed by atoms with van der Waals surface area (Å²) in [5.74, 6) is 2.57. The molecule has 2 aliphatic rings. The zero-order valence-electron chi connectivity index (χ0n) is 16.4. The number of ketones is 1. The van der Waals surface area contributed by atoms with Crippen molar-refractivity contribution in [3.05, 3.63) is 40.0 Å². The van der Waals surface area contributed by atoms with Crippen LogP contribution in [0.5, 0.6) is 0 Å². The third-order valence-corrected chi connectivity index (χ3v) is 8.56. The van der Waals surface area contributed by atoms with Gasteiger partial charge in [0.25, 0.3) is 0 Å². The highest BCUT2D eigenvalue weighted by Crippen LogP contribution is 2.30. The lowest BCUT2D eigenvalue weighted by Crippen LogP contribution is -2.14. The maximum atomic E-state index is 12.8. The molecule has 0 saturated carbocycles. The fourth-order valence-electron chi connectivity index (χ4n) is 4.48. The molecule has 8 heteroatoms. The second-order valence-electron chi connectivity index (χ2n) is 7.87. The maximum absolute atomic E-state index is 12.8. The Bertz CT molecular complexity index is 1000. The van der Waals surface area contributed by atoms with Crippen LogP contribution in [0.25, 0.3) is 0 Å². The minimum Gasteiger partial charge on any atom is -0.361 e. The summed E-state index contributed by atoms with van der Waals surface area (Å²) in [7, 11) is -2.96. The molecule has 1 atom stereocenters. The molecule has 1 aliphatic carbocycles. The Labute approximate surface area is 170 Å². The number of aromatic nitrogens is 2. The first-order valence-electron chi connectivity index (χ1n) is 9.82. The van der Waals surface area contributed by atoms with Crippen LogP contribution in [-0.4, -0.2) is 41.2 Å². The number of fused-ring (bicyclic) bond motifs is 1. The fraction of sp³-hybridized carbons (Fsp3) is 0.600. The van der Waals surface area contributed by atoms with Gasteiger partial charge in [-0.2, -0.15) is 0 Å². The van der Waals surface area contributed by atoms with Gasteiger partial charge in [-0.25, -0.2) is 8.42 Å². The zero-order chi connectivity index (χ0) is 19.9. The first-order valence-corrected chi connectivity index (χ1v) is 12.8. The highest BCUT2D eigenvalue weighted by atomic mass is 32.2. The first-order chi connectivity index (χ1) is 13.4. The number of thioether (sulfide) groups is 1. The van der Waals surface area contributed by atoms with E-state index in [9.17, 15) is 13.2 Å². The highest BCUT2D eigenvalue weighted by molar-refractivity contribution is 7.99. The highest BCUT2D eigenvalue weighted by Gasteiger charge is 2.31. The lowest BCUT2D eigenvalue weighted by atomic mass is 9.97. The van der Waals surface area contributed by atoms with Gasteiger partial charge in [0.1, 0.15) is 5.76 Å². The Morgan fingerprint density at radius 1 is 1.32 bits per heavy atom. The van der Waals surface area contributed by atoms with E-state index in [0.29, 0.717) is 23.5 Å². The molecule has 0 spiro atoms. The topological polar surface area (TPSA) is 82.2 Å². The van der Waals surface area contributed by atoms with E-state index in [1.54, 1.807) is 11.8 Å². The number of hydrogen-bond donors (Lipinski definition) is 0. The molecule has 28 heavy (non-hydrogen) atoms. The maximum Gasteiger partial charge on any atom is 0.174 e. The predicted octanol–water partition coefficient (Wildman–Crippen LogP) is 3.45. The number of aryl methyl sites for hydroxylation is 2. The summed E-state index contributed by atoms with van der Waals surface area (Å²) >= 11 is 1.57. The summed E-state index contributed by atoms with van der Waals surface area (Å²) in [6, 6.07) is 1.85. The summed E-state index contributed by atoms with van der Waals surface area (Å²) in [4.78, 5) is 12.8. The van der Waals surface area contributed by atoms with E-state index >= 15 is 0 Å². The second kappa shape index (κ2) is 7.71. The van der Waals surface area contributed by atoms with E-state index in [0.717, 1.165) is 42.1 Å². The largest absolute Gasteiger partial charge is 0.361 e. The number of carbonyl (C=O) groups excluding carboxylic acids is 1. The molecule has 0 bridgehead atoms. The Hall–Kier alpha value is -1.54. The summed E-state index contributed by atoms with van der Waals surface area (Å²) in [6.07, 6.45) is 4.94. The Morgan fingerprint density at radius 2 is 2.11 bits per heavy atom. The third kappa shape index (κ3) is 3.81. The van der Waals surface area contributed by atoms with Crippen LogP contribution >= 0.6 is 11.8 Å². The molecule has 3 heterocycles. The second-order valence-corrected chi connectivity index (χ2v) is 11.1. The Balaban J connectivity index is 1.41. The number of sulfone groups is 1. The first kappa shape index (κ1) is 19.8. The number of carbonyl (C=O) groups is 1. The van der Waals surface area contributed by atoms with E-state index < -0.39 is 9.84 Å². The van der Waals surface area contributed by atoms with Crippen molar-refractivity contribution < 1.29 is 17.7 Å². The molecule has 152 valence electrons. The summed E-state index contributed by atoms with van der Waals surface area (Å²) < 4.78 is 31.2. The van der Waals surface area contributed by atoms with Crippen molar-refractivity contribution in [2.75, 3.05) is 17.3 Å². The number of hydrogen-bond acceptors (Lipinski definition) is 6. The van der Waals surface area contributed by atoms with Gasteiger partial charge in [-0.05, 0) is 45.6 Å². The lowest BCUT2D eigenvalue weighted by molar-refractivity contribution is 0.102.